The van der Waals surface area contributed by atoms with Crippen LogP contribution in [0.4, 0.5) is 0 Å². The molecule has 0 spiro atoms. The van der Waals surface area contributed by atoms with Gasteiger partial charge < -0.3 is 5.11 Å². The van der Waals surface area contributed by atoms with Crippen LogP contribution < -0.4 is 10.6 Å². The second kappa shape index (κ2) is 7.99. The van der Waals surface area contributed by atoms with Crippen molar-refractivity contribution >= 4 is 25.4 Å². The van der Waals surface area contributed by atoms with Gasteiger partial charge in [-0.05, 0) is 48.5 Å². The fourth-order valence-corrected chi connectivity index (χ4v) is 4.11. The molecule has 0 aliphatic heterocycles. The van der Waals surface area contributed by atoms with E-state index in [1.165, 1.54) is 10.9 Å². The van der Waals surface area contributed by atoms with Gasteiger partial charge in [0.15, 0.2) is 0 Å². The highest BCUT2D eigenvalue weighted by Crippen LogP contribution is 2.36. The number of rotatable bonds is 3. The van der Waals surface area contributed by atoms with E-state index < -0.39 is 0 Å². The maximum absolute atomic E-state index is 11.1. The number of hydrogen-bond acceptors (Lipinski definition) is 2. The Morgan fingerprint density at radius 3 is 1.96 bits per heavy atom. The highest BCUT2D eigenvalue weighted by Gasteiger charge is 2.25. The molecule has 0 aliphatic carbocycles. The average Bonchev–Trinajstić information content (AvgIpc) is 2.53. The Morgan fingerprint density at radius 2 is 1.43 bits per heavy atom. The molecular weight excluding hydrogens is 361 g/mol. The van der Waals surface area contributed by atoms with Crippen LogP contribution in [0.5, 0.6) is 5.75 Å². The summed E-state index contributed by atoms with van der Waals surface area (Å²) in [6.45, 7) is 19.4. The largest absolute Gasteiger partial charge is 0.507 e. The van der Waals surface area contributed by atoms with Gasteiger partial charge in [-0.2, -0.15) is 0 Å². The molecule has 0 saturated carbocycles. The van der Waals surface area contributed by atoms with Gasteiger partial charge in [-0.3, -0.25) is 4.99 Å². The van der Waals surface area contributed by atoms with Crippen molar-refractivity contribution in [1.82, 2.24) is 0 Å². The third-order valence-electron chi connectivity index (χ3n) is 4.61. The lowest BCUT2D eigenvalue weighted by atomic mass is 9.80. The van der Waals surface area contributed by atoms with Crippen molar-refractivity contribution in [3.05, 3.63) is 53.1 Å². The second-order valence-corrected chi connectivity index (χ2v) is 11.9. The zero-order valence-electron chi connectivity index (χ0n) is 18.9. The molecule has 3 heteroatoms. The normalized spacial score (nSPS) is 13.8. The number of aliphatic imine (C=N–C) groups is 1. The summed E-state index contributed by atoms with van der Waals surface area (Å²) in [5.41, 5.74) is 3.21. The molecule has 0 amide bonds. The summed E-state index contributed by atoms with van der Waals surface area (Å²) in [5.74, 6) is 0.432. The molecule has 2 rings (SSSR count). The quantitative estimate of drug-likeness (QED) is 0.513. The lowest BCUT2D eigenvalue weighted by Crippen LogP contribution is -2.21. The first-order chi connectivity index (χ1) is 12.7. The Kier molecular flexibility index (Phi) is 6.46. The van der Waals surface area contributed by atoms with Crippen LogP contribution in [-0.2, 0) is 10.8 Å². The van der Waals surface area contributed by atoms with Gasteiger partial charge in [0, 0.05) is 22.6 Å². The maximum atomic E-state index is 11.1. The SMILES string of the molecule is CC(C)(C)N=Cc1ccccc1Pc1cc(C(C)(C)C)cc(C(C)(C)C)c1O. The monoisotopic (exact) mass is 397 g/mol. The minimum Gasteiger partial charge on any atom is -0.507 e. The number of phenolic OH excluding ortho intramolecular Hbond substituents is 1. The van der Waals surface area contributed by atoms with Crippen molar-refractivity contribution < 1.29 is 5.11 Å². The van der Waals surface area contributed by atoms with E-state index in [1.807, 2.05) is 12.3 Å². The molecule has 0 radical (unpaired) electrons. The van der Waals surface area contributed by atoms with Crippen LogP contribution in [0.1, 0.15) is 79.0 Å². The molecule has 1 unspecified atom stereocenters. The molecule has 0 aliphatic rings. The van der Waals surface area contributed by atoms with Gasteiger partial charge >= 0.3 is 0 Å². The van der Waals surface area contributed by atoms with Crippen LogP contribution in [-0.4, -0.2) is 16.9 Å². The third-order valence-corrected chi connectivity index (χ3v) is 5.98. The third kappa shape index (κ3) is 5.92. The fourth-order valence-electron chi connectivity index (χ4n) is 2.87. The molecule has 0 bridgehead atoms. The topological polar surface area (TPSA) is 32.6 Å². The minimum absolute atomic E-state index is 0.0279. The Morgan fingerprint density at radius 1 is 0.821 bits per heavy atom. The molecule has 1 atom stereocenters. The van der Waals surface area contributed by atoms with Crippen molar-refractivity contribution in [2.24, 2.45) is 4.99 Å². The van der Waals surface area contributed by atoms with E-state index in [0.29, 0.717) is 14.3 Å². The molecule has 0 saturated heterocycles. The maximum Gasteiger partial charge on any atom is 0.127 e. The van der Waals surface area contributed by atoms with Crippen molar-refractivity contribution in [2.45, 2.75) is 78.7 Å². The molecule has 2 aromatic carbocycles. The average molecular weight is 398 g/mol. The predicted octanol–water partition coefficient (Wildman–Crippen LogP) is 5.83. The Labute approximate surface area is 173 Å². The molecule has 2 nitrogen and oxygen atoms in total. The number of nitrogens with zero attached hydrogens (tertiary/aromatic N) is 1. The minimum atomic E-state index is -0.113. The van der Waals surface area contributed by atoms with Gasteiger partial charge in [0.1, 0.15) is 5.75 Å². The van der Waals surface area contributed by atoms with Crippen molar-refractivity contribution in [1.29, 1.82) is 0 Å². The summed E-state index contributed by atoms with van der Waals surface area (Å²) in [6.07, 6.45) is 1.97. The van der Waals surface area contributed by atoms with Gasteiger partial charge in [0.25, 0.3) is 0 Å². The van der Waals surface area contributed by atoms with Crippen molar-refractivity contribution in [2.75, 3.05) is 0 Å². The number of aromatic hydroxyl groups is 1. The fraction of sp³-hybridized carbons (Fsp3) is 0.480. The summed E-state index contributed by atoms with van der Waals surface area (Å²) in [7, 11) is 0.377. The molecular formula is C25H36NOP. The van der Waals surface area contributed by atoms with Crippen molar-refractivity contribution in [3.63, 3.8) is 0 Å². The van der Waals surface area contributed by atoms with E-state index in [2.05, 4.69) is 97.6 Å². The molecule has 0 heterocycles. The highest BCUT2D eigenvalue weighted by atomic mass is 31.1. The van der Waals surface area contributed by atoms with E-state index in [4.69, 9.17) is 0 Å². The van der Waals surface area contributed by atoms with Gasteiger partial charge in [-0.15, -0.1) is 0 Å². The predicted molar refractivity (Wildman–Crippen MR) is 127 cm³/mol. The van der Waals surface area contributed by atoms with Gasteiger partial charge in [0.2, 0.25) is 0 Å². The first-order valence-corrected chi connectivity index (χ1v) is 11.0. The van der Waals surface area contributed by atoms with Crippen LogP contribution in [0, 0.1) is 0 Å². The van der Waals surface area contributed by atoms with E-state index in [1.54, 1.807) is 0 Å². The van der Waals surface area contributed by atoms with Crippen LogP contribution >= 0.6 is 8.58 Å². The summed E-state index contributed by atoms with van der Waals surface area (Å²) >= 11 is 0. The molecule has 1 N–H and O–H groups in total. The van der Waals surface area contributed by atoms with E-state index in [9.17, 15) is 5.11 Å². The number of phenols is 1. The van der Waals surface area contributed by atoms with Gasteiger partial charge in [0.05, 0.1) is 5.54 Å². The van der Waals surface area contributed by atoms with Crippen LogP contribution in [0.2, 0.25) is 0 Å². The molecule has 0 fully saturated rings. The Bertz CT molecular complexity index is 862. The highest BCUT2D eigenvalue weighted by molar-refractivity contribution is 7.56. The Hall–Kier alpha value is -1.66. The second-order valence-electron chi connectivity index (χ2n) is 10.6. The molecule has 28 heavy (non-hydrogen) atoms. The molecule has 152 valence electrons. The summed E-state index contributed by atoms with van der Waals surface area (Å²) in [6, 6.07) is 12.7. The molecule has 0 aromatic heterocycles. The van der Waals surface area contributed by atoms with E-state index in [-0.39, 0.29) is 16.4 Å². The standard InChI is InChI=1S/C25H36NOP/c1-23(2,3)18-14-19(24(4,5)6)22(27)21(15-18)28-20-13-11-10-12-17(20)16-26-25(7,8)9/h10-16,27-28H,1-9H3. The van der Waals surface area contributed by atoms with Gasteiger partial charge in [-0.25, -0.2) is 0 Å². The molecule has 2 aromatic rings. The van der Waals surface area contributed by atoms with E-state index in [0.717, 1.165) is 16.4 Å². The number of hydrogen-bond donors (Lipinski definition) is 1. The zero-order chi connectivity index (χ0) is 21.3. The summed E-state index contributed by atoms with van der Waals surface area (Å²) in [5, 5.41) is 13.3. The first-order valence-electron chi connectivity index (χ1n) is 9.98. The smallest absolute Gasteiger partial charge is 0.127 e. The summed E-state index contributed by atoms with van der Waals surface area (Å²) < 4.78 is 0. The first kappa shape index (κ1) is 22.6. The van der Waals surface area contributed by atoms with Crippen LogP contribution in [0.3, 0.4) is 0 Å². The Balaban J connectivity index is 2.57. The van der Waals surface area contributed by atoms with E-state index >= 15 is 0 Å². The summed E-state index contributed by atoms with van der Waals surface area (Å²) in [4.78, 5) is 4.68. The van der Waals surface area contributed by atoms with Crippen LogP contribution in [0.25, 0.3) is 0 Å². The van der Waals surface area contributed by atoms with Crippen LogP contribution in [0.15, 0.2) is 41.4 Å². The number of benzene rings is 2. The lowest BCUT2D eigenvalue weighted by molar-refractivity contribution is 0.449. The lowest BCUT2D eigenvalue weighted by Gasteiger charge is -2.27. The van der Waals surface area contributed by atoms with Gasteiger partial charge in [-0.1, -0.05) is 80.5 Å². The zero-order valence-corrected chi connectivity index (χ0v) is 19.9. The van der Waals surface area contributed by atoms with Crippen molar-refractivity contribution in [3.8, 4) is 5.75 Å².